The zero-order valence-electron chi connectivity index (χ0n) is 11.0. The summed E-state index contributed by atoms with van der Waals surface area (Å²) < 4.78 is 11.0. The van der Waals surface area contributed by atoms with E-state index in [0.29, 0.717) is 0 Å². The Morgan fingerprint density at radius 1 is 1.18 bits per heavy atom. The first-order valence-corrected chi connectivity index (χ1v) is 6.44. The Morgan fingerprint density at radius 3 is 2.41 bits per heavy atom. The first-order chi connectivity index (χ1) is 8.02. The van der Waals surface area contributed by atoms with Gasteiger partial charge in [-0.1, -0.05) is 6.07 Å². The first-order valence-electron chi connectivity index (χ1n) is 6.00. The molecule has 0 radical (unpaired) electrons. The second-order valence-corrected chi connectivity index (χ2v) is 5.22. The summed E-state index contributed by atoms with van der Waals surface area (Å²) in [6, 6.07) is 6.06. The van der Waals surface area contributed by atoms with Gasteiger partial charge in [-0.25, -0.2) is 0 Å². The minimum Gasteiger partial charge on any atom is -0.493 e. The molecule has 0 saturated carbocycles. The van der Waals surface area contributed by atoms with Gasteiger partial charge in [0.15, 0.2) is 11.5 Å². The third-order valence-corrected chi connectivity index (χ3v) is 2.64. The van der Waals surface area contributed by atoms with E-state index in [1.54, 1.807) is 7.11 Å². The van der Waals surface area contributed by atoms with Crippen molar-refractivity contribution in [1.29, 1.82) is 0 Å². The molecular weight excluding hydrogens is 236 g/mol. The highest BCUT2D eigenvalue weighted by Gasteiger charge is 2.08. The summed E-state index contributed by atoms with van der Waals surface area (Å²) in [5.74, 6) is 1.59. The summed E-state index contributed by atoms with van der Waals surface area (Å²) in [4.78, 5) is 0. The quantitative estimate of drug-likeness (QED) is 0.715. The Hall–Kier alpha value is -0.890. The molecule has 0 spiro atoms. The van der Waals surface area contributed by atoms with Crippen molar-refractivity contribution < 1.29 is 9.47 Å². The van der Waals surface area contributed by atoms with Gasteiger partial charge in [0.05, 0.1) is 13.2 Å². The fraction of sp³-hybridized carbons (Fsp3) is 0.571. The number of hydrogen-bond acceptors (Lipinski definition) is 2. The number of methoxy groups -OCH3 is 1. The third kappa shape index (κ3) is 4.86. The molecule has 1 rings (SSSR count). The Balaban J connectivity index is 2.77. The molecule has 0 bridgehead atoms. The molecule has 3 heteroatoms. The molecule has 0 amide bonds. The lowest BCUT2D eigenvalue weighted by molar-refractivity contribution is 0.230. The second kappa shape index (κ2) is 6.75. The zero-order chi connectivity index (χ0) is 12.8. The SMILES string of the molecule is COc1cc(CCC(C)Cl)ccc1OC(C)C. The minimum atomic E-state index is 0.151. The Morgan fingerprint density at radius 2 is 1.88 bits per heavy atom. The summed E-state index contributed by atoms with van der Waals surface area (Å²) in [6.45, 7) is 6.01. The van der Waals surface area contributed by atoms with Gasteiger partial charge >= 0.3 is 0 Å². The normalized spacial score (nSPS) is 12.6. The number of ether oxygens (including phenoxy) is 2. The van der Waals surface area contributed by atoms with Gasteiger partial charge < -0.3 is 9.47 Å². The maximum Gasteiger partial charge on any atom is 0.161 e. The molecule has 0 aromatic heterocycles. The molecule has 2 nitrogen and oxygen atoms in total. The number of alkyl halides is 1. The van der Waals surface area contributed by atoms with E-state index in [9.17, 15) is 0 Å². The van der Waals surface area contributed by atoms with E-state index in [1.807, 2.05) is 32.9 Å². The molecule has 0 N–H and O–H groups in total. The van der Waals surface area contributed by atoms with E-state index in [4.69, 9.17) is 21.1 Å². The summed E-state index contributed by atoms with van der Waals surface area (Å²) >= 11 is 5.95. The molecule has 0 heterocycles. The van der Waals surface area contributed by atoms with Crippen molar-refractivity contribution in [3.63, 3.8) is 0 Å². The van der Waals surface area contributed by atoms with Crippen LogP contribution in [-0.2, 0) is 6.42 Å². The van der Waals surface area contributed by atoms with Gasteiger partial charge in [-0.05, 0) is 51.3 Å². The lowest BCUT2D eigenvalue weighted by Crippen LogP contribution is -2.07. The number of rotatable bonds is 6. The van der Waals surface area contributed by atoms with Crippen molar-refractivity contribution in [2.75, 3.05) is 7.11 Å². The monoisotopic (exact) mass is 256 g/mol. The molecule has 0 aliphatic rings. The molecule has 1 atom stereocenters. The maximum atomic E-state index is 5.95. The van der Waals surface area contributed by atoms with Crippen LogP contribution in [-0.4, -0.2) is 18.6 Å². The molecule has 1 aromatic carbocycles. The van der Waals surface area contributed by atoms with Gasteiger partial charge in [-0.15, -0.1) is 11.6 Å². The second-order valence-electron chi connectivity index (χ2n) is 4.47. The van der Waals surface area contributed by atoms with Crippen LogP contribution in [0.2, 0.25) is 0 Å². The van der Waals surface area contributed by atoms with Crippen LogP contribution in [0.15, 0.2) is 18.2 Å². The van der Waals surface area contributed by atoms with Crippen molar-refractivity contribution in [2.45, 2.75) is 45.1 Å². The predicted molar refractivity (Wildman–Crippen MR) is 72.4 cm³/mol. The van der Waals surface area contributed by atoms with Crippen LogP contribution in [0.4, 0.5) is 0 Å². The van der Waals surface area contributed by atoms with E-state index in [-0.39, 0.29) is 11.5 Å². The van der Waals surface area contributed by atoms with Crippen molar-refractivity contribution in [3.8, 4) is 11.5 Å². The highest BCUT2D eigenvalue weighted by molar-refractivity contribution is 6.20. The average molecular weight is 257 g/mol. The van der Waals surface area contributed by atoms with Crippen molar-refractivity contribution in [3.05, 3.63) is 23.8 Å². The maximum absolute atomic E-state index is 5.95. The largest absolute Gasteiger partial charge is 0.493 e. The minimum absolute atomic E-state index is 0.151. The highest BCUT2D eigenvalue weighted by atomic mass is 35.5. The number of hydrogen-bond donors (Lipinski definition) is 0. The van der Waals surface area contributed by atoms with Crippen LogP contribution in [0, 0.1) is 0 Å². The number of halogens is 1. The predicted octanol–water partition coefficient (Wildman–Crippen LogP) is 4.04. The van der Waals surface area contributed by atoms with Crippen molar-refractivity contribution in [2.24, 2.45) is 0 Å². The van der Waals surface area contributed by atoms with E-state index >= 15 is 0 Å². The summed E-state index contributed by atoms with van der Waals surface area (Å²) in [5.41, 5.74) is 1.23. The van der Waals surface area contributed by atoms with E-state index in [0.717, 1.165) is 24.3 Å². The van der Waals surface area contributed by atoms with Gasteiger partial charge in [0, 0.05) is 5.38 Å². The van der Waals surface area contributed by atoms with Crippen LogP contribution in [0.3, 0.4) is 0 Å². The topological polar surface area (TPSA) is 18.5 Å². The Bertz CT molecular complexity index is 348. The van der Waals surface area contributed by atoms with Crippen LogP contribution in [0.1, 0.15) is 32.8 Å². The standard InChI is InChI=1S/C14H21ClO2/c1-10(2)17-13-8-7-12(6-5-11(3)15)9-14(13)16-4/h7-11H,5-6H2,1-4H3. The highest BCUT2D eigenvalue weighted by Crippen LogP contribution is 2.29. The summed E-state index contributed by atoms with van der Waals surface area (Å²) in [7, 11) is 1.66. The third-order valence-electron chi connectivity index (χ3n) is 2.42. The van der Waals surface area contributed by atoms with Crippen molar-refractivity contribution in [1.82, 2.24) is 0 Å². The molecule has 0 aliphatic heterocycles. The van der Waals surface area contributed by atoms with E-state index < -0.39 is 0 Å². The van der Waals surface area contributed by atoms with Gasteiger partial charge in [0.2, 0.25) is 0 Å². The average Bonchev–Trinajstić information content (AvgIpc) is 2.26. The molecule has 1 aromatic rings. The molecule has 17 heavy (non-hydrogen) atoms. The Labute approximate surface area is 109 Å². The lowest BCUT2D eigenvalue weighted by atomic mass is 10.1. The van der Waals surface area contributed by atoms with E-state index in [2.05, 4.69) is 6.07 Å². The molecule has 0 aliphatic carbocycles. The fourth-order valence-corrected chi connectivity index (χ4v) is 1.69. The molecule has 0 fully saturated rings. The van der Waals surface area contributed by atoms with Crippen LogP contribution in [0.5, 0.6) is 11.5 Å². The van der Waals surface area contributed by atoms with Crippen molar-refractivity contribution >= 4 is 11.6 Å². The zero-order valence-corrected chi connectivity index (χ0v) is 11.8. The fourth-order valence-electron chi connectivity index (χ4n) is 1.58. The van der Waals surface area contributed by atoms with Gasteiger partial charge in [0.25, 0.3) is 0 Å². The molecule has 1 unspecified atom stereocenters. The molecular formula is C14H21ClO2. The molecule has 96 valence electrons. The lowest BCUT2D eigenvalue weighted by Gasteiger charge is -2.14. The van der Waals surface area contributed by atoms with E-state index in [1.165, 1.54) is 5.56 Å². The van der Waals surface area contributed by atoms with Gasteiger partial charge in [-0.3, -0.25) is 0 Å². The first kappa shape index (κ1) is 14.2. The Kier molecular flexibility index (Phi) is 5.63. The summed E-state index contributed by atoms with van der Waals surface area (Å²) in [6.07, 6.45) is 2.08. The number of benzene rings is 1. The summed E-state index contributed by atoms with van der Waals surface area (Å²) in [5, 5.41) is 0.201. The van der Waals surface area contributed by atoms with Crippen LogP contribution < -0.4 is 9.47 Å². The van der Waals surface area contributed by atoms with Gasteiger partial charge in [0.1, 0.15) is 0 Å². The smallest absolute Gasteiger partial charge is 0.161 e. The number of aryl methyl sites for hydroxylation is 1. The molecule has 0 saturated heterocycles. The van der Waals surface area contributed by atoms with Crippen LogP contribution in [0.25, 0.3) is 0 Å². The van der Waals surface area contributed by atoms with Gasteiger partial charge in [-0.2, -0.15) is 0 Å². The van der Waals surface area contributed by atoms with Crippen LogP contribution >= 0.6 is 11.6 Å².